The maximum absolute atomic E-state index is 12.1. The molecule has 0 atom stereocenters. The molecule has 0 radical (unpaired) electrons. The molecule has 144 valence electrons. The summed E-state index contributed by atoms with van der Waals surface area (Å²) >= 11 is 1.60. The summed E-state index contributed by atoms with van der Waals surface area (Å²) in [5.41, 5.74) is 3.32. The summed E-state index contributed by atoms with van der Waals surface area (Å²) in [6.07, 6.45) is 2.15. The first-order chi connectivity index (χ1) is 13.7. The van der Waals surface area contributed by atoms with Crippen molar-refractivity contribution in [3.63, 3.8) is 0 Å². The Morgan fingerprint density at radius 3 is 2.57 bits per heavy atom. The second-order valence-corrected chi connectivity index (χ2v) is 8.05. The molecule has 1 aliphatic rings. The lowest BCUT2D eigenvalue weighted by molar-refractivity contribution is -0.115. The van der Waals surface area contributed by atoms with E-state index in [9.17, 15) is 4.79 Å². The zero-order chi connectivity index (χ0) is 19.3. The number of nitrogens with zero attached hydrogens (tertiary/aromatic N) is 3. The van der Waals surface area contributed by atoms with E-state index in [4.69, 9.17) is 0 Å². The molecule has 28 heavy (non-hydrogen) atoms. The first-order valence-electron chi connectivity index (χ1n) is 9.52. The van der Waals surface area contributed by atoms with Crippen LogP contribution < -0.4 is 15.1 Å². The molecule has 1 fully saturated rings. The van der Waals surface area contributed by atoms with E-state index in [0.717, 1.165) is 42.6 Å². The summed E-state index contributed by atoms with van der Waals surface area (Å²) in [5, 5.41) is 4.91. The van der Waals surface area contributed by atoms with Gasteiger partial charge in [0.15, 0.2) is 0 Å². The van der Waals surface area contributed by atoms with Gasteiger partial charge in [-0.1, -0.05) is 18.2 Å². The number of piperazine rings is 1. The lowest BCUT2D eigenvalue weighted by Crippen LogP contribution is -2.46. The number of thiophene rings is 1. The van der Waals surface area contributed by atoms with Crippen LogP contribution in [-0.4, -0.2) is 37.1 Å². The van der Waals surface area contributed by atoms with Crippen molar-refractivity contribution in [3.8, 4) is 0 Å². The fourth-order valence-electron chi connectivity index (χ4n) is 3.44. The van der Waals surface area contributed by atoms with E-state index in [1.165, 1.54) is 11.3 Å². The summed E-state index contributed by atoms with van der Waals surface area (Å²) in [4.78, 5) is 22.5. The van der Waals surface area contributed by atoms with Crippen LogP contribution in [0.25, 0.3) is 0 Å². The molecular weight excluding hydrogens is 368 g/mol. The Balaban J connectivity index is 1.31. The molecule has 1 amide bonds. The van der Waals surface area contributed by atoms with E-state index < -0.39 is 0 Å². The number of hydrogen-bond acceptors (Lipinski definition) is 5. The number of pyridine rings is 1. The number of carbonyl (C=O) groups excluding carboxylic acids is 1. The number of amides is 1. The van der Waals surface area contributed by atoms with E-state index in [-0.39, 0.29) is 5.91 Å². The number of carbonyl (C=O) groups is 1. The van der Waals surface area contributed by atoms with Gasteiger partial charge >= 0.3 is 0 Å². The van der Waals surface area contributed by atoms with E-state index >= 15 is 0 Å². The third-order valence-electron chi connectivity index (χ3n) is 4.92. The lowest BCUT2D eigenvalue weighted by Gasteiger charge is -2.36. The number of rotatable bonds is 5. The highest BCUT2D eigenvalue weighted by Gasteiger charge is 2.18. The molecule has 5 nitrogen and oxygen atoms in total. The molecule has 0 saturated carbocycles. The molecule has 1 aromatic carbocycles. The quantitative estimate of drug-likeness (QED) is 0.714. The first kappa shape index (κ1) is 18.5. The largest absolute Gasteiger partial charge is 0.368 e. The predicted octanol–water partition coefficient (Wildman–Crippen LogP) is 3.96. The second-order valence-electron chi connectivity index (χ2n) is 7.02. The Morgan fingerprint density at radius 1 is 1.07 bits per heavy atom. The van der Waals surface area contributed by atoms with Crippen LogP contribution in [0.15, 0.2) is 60.1 Å². The molecule has 6 heteroatoms. The van der Waals surface area contributed by atoms with Crippen molar-refractivity contribution in [2.75, 3.05) is 41.3 Å². The van der Waals surface area contributed by atoms with Crippen molar-refractivity contribution >= 4 is 34.4 Å². The maximum Gasteiger partial charge on any atom is 0.229 e. The average molecular weight is 393 g/mol. The first-order valence-corrected chi connectivity index (χ1v) is 10.4. The third-order valence-corrected chi connectivity index (χ3v) is 5.79. The van der Waals surface area contributed by atoms with Crippen molar-refractivity contribution in [2.45, 2.75) is 13.3 Å². The molecule has 1 aliphatic heterocycles. The number of aromatic nitrogens is 1. The van der Waals surface area contributed by atoms with Gasteiger partial charge < -0.3 is 15.1 Å². The molecule has 1 N–H and O–H groups in total. The highest BCUT2D eigenvalue weighted by atomic mass is 32.1. The van der Waals surface area contributed by atoms with E-state index in [1.807, 2.05) is 29.6 Å². The zero-order valence-electron chi connectivity index (χ0n) is 16.0. The molecule has 3 heterocycles. The van der Waals surface area contributed by atoms with Crippen LogP contribution in [0, 0.1) is 6.92 Å². The summed E-state index contributed by atoms with van der Waals surface area (Å²) in [6.45, 7) is 5.95. The minimum absolute atomic E-state index is 0.0104. The number of benzene rings is 1. The maximum atomic E-state index is 12.1. The molecule has 0 aliphatic carbocycles. The van der Waals surface area contributed by atoms with Crippen LogP contribution in [0.1, 0.15) is 10.4 Å². The zero-order valence-corrected chi connectivity index (χ0v) is 16.8. The van der Waals surface area contributed by atoms with Crippen molar-refractivity contribution in [2.24, 2.45) is 0 Å². The Labute approximate surface area is 169 Å². The lowest BCUT2D eigenvalue weighted by atomic mass is 10.2. The molecule has 4 rings (SSSR count). The van der Waals surface area contributed by atoms with Gasteiger partial charge in [-0.15, -0.1) is 11.3 Å². The van der Waals surface area contributed by atoms with Crippen LogP contribution in [0.5, 0.6) is 0 Å². The Bertz CT molecular complexity index is 916. The van der Waals surface area contributed by atoms with Gasteiger partial charge in [0, 0.05) is 36.7 Å². The highest BCUT2D eigenvalue weighted by Crippen LogP contribution is 2.21. The Hall–Kier alpha value is -2.86. The predicted molar refractivity (Wildman–Crippen MR) is 116 cm³/mol. The SMILES string of the molecule is Cc1cccc(N2CCN(c3ccc(NC(=O)Cc4cccs4)cn3)CC2)c1. The van der Waals surface area contributed by atoms with Crippen LogP contribution >= 0.6 is 11.3 Å². The smallest absolute Gasteiger partial charge is 0.229 e. The van der Waals surface area contributed by atoms with Gasteiger partial charge in [-0.25, -0.2) is 4.98 Å². The second kappa shape index (κ2) is 8.44. The highest BCUT2D eigenvalue weighted by molar-refractivity contribution is 7.10. The summed E-state index contributed by atoms with van der Waals surface area (Å²) in [5.74, 6) is 0.948. The van der Waals surface area contributed by atoms with Crippen LogP contribution in [0.2, 0.25) is 0 Å². The van der Waals surface area contributed by atoms with E-state index in [2.05, 4.69) is 51.3 Å². The van der Waals surface area contributed by atoms with Crippen LogP contribution in [0.4, 0.5) is 17.2 Å². The minimum atomic E-state index is -0.0104. The molecular formula is C22H24N4OS. The molecule has 2 aromatic heterocycles. The fourth-order valence-corrected chi connectivity index (χ4v) is 4.15. The Morgan fingerprint density at radius 2 is 1.89 bits per heavy atom. The third kappa shape index (κ3) is 4.51. The van der Waals surface area contributed by atoms with Gasteiger partial charge in [0.25, 0.3) is 0 Å². The van der Waals surface area contributed by atoms with Crippen LogP contribution in [0.3, 0.4) is 0 Å². The van der Waals surface area contributed by atoms with Crippen molar-refractivity contribution in [3.05, 3.63) is 70.5 Å². The number of aryl methyl sites for hydroxylation is 1. The molecule has 0 bridgehead atoms. The van der Waals surface area contributed by atoms with Gasteiger partial charge in [0.1, 0.15) is 5.82 Å². The van der Waals surface area contributed by atoms with Crippen molar-refractivity contribution < 1.29 is 4.79 Å². The van der Waals surface area contributed by atoms with Crippen LogP contribution in [-0.2, 0) is 11.2 Å². The molecule has 3 aromatic rings. The fraction of sp³-hybridized carbons (Fsp3) is 0.273. The number of anilines is 3. The molecule has 0 spiro atoms. The van der Waals surface area contributed by atoms with E-state index in [1.54, 1.807) is 17.5 Å². The van der Waals surface area contributed by atoms with Crippen molar-refractivity contribution in [1.29, 1.82) is 0 Å². The van der Waals surface area contributed by atoms with Crippen molar-refractivity contribution in [1.82, 2.24) is 4.98 Å². The van der Waals surface area contributed by atoms with E-state index in [0.29, 0.717) is 6.42 Å². The molecule has 0 unspecified atom stereocenters. The van der Waals surface area contributed by atoms with Gasteiger partial charge in [0.2, 0.25) is 5.91 Å². The summed E-state index contributed by atoms with van der Waals surface area (Å²) in [6, 6.07) is 16.5. The monoisotopic (exact) mass is 392 g/mol. The van der Waals surface area contributed by atoms with Gasteiger partial charge in [0.05, 0.1) is 18.3 Å². The number of hydrogen-bond donors (Lipinski definition) is 1. The minimum Gasteiger partial charge on any atom is -0.368 e. The average Bonchev–Trinajstić information content (AvgIpc) is 3.21. The van der Waals surface area contributed by atoms with Gasteiger partial charge in [-0.3, -0.25) is 4.79 Å². The number of nitrogens with one attached hydrogen (secondary N) is 1. The normalized spacial score (nSPS) is 14.2. The summed E-state index contributed by atoms with van der Waals surface area (Å²) in [7, 11) is 0. The van der Waals surface area contributed by atoms with Gasteiger partial charge in [-0.2, -0.15) is 0 Å². The standard InChI is InChI=1S/C22H24N4OS/c1-17-4-2-5-19(14-17)25-9-11-26(12-10-25)21-8-7-18(16-23-21)24-22(27)15-20-6-3-13-28-20/h2-8,13-14,16H,9-12,15H2,1H3,(H,24,27). The topological polar surface area (TPSA) is 48.5 Å². The summed E-state index contributed by atoms with van der Waals surface area (Å²) < 4.78 is 0. The van der Waals surface area contributed by atoms with Gasteiger partial charge in [-0.05, 0) is 48.2 Å². The molecule has 1 saturated heterocycles. The Kier molecular flexibility index (Phi) is 5.58.